The Kier molecular flexibility index (Phi) is 4.20. The SMILES string of the molecule is COc1ccc(CC(N)Cc2ccc3c(c2)CCC3)cn1. The second kappa shape index (κ2) is 6.27. The van der Waals surface area contributed by atoms with Gasteiger partial charge in [0.05, 0.1) is 7.11 Å². The van der Waals surface area contributed by atoms with Crippen molar-refractivity contribution in [2.45, 2.75) is 38.1 Å². The van der Waals surface area contributed by atoms with Crippen LogP contribution in [0.5, 0.6) is 5.88 Å². The predicted octanol–water partition coefficient (Wildman–Crippen LogP) is 2.69. The van der Waals surface area contributed by atoms with Crippen molar-refractivity contribution in [3.63, 3.8) is 0 Å². The van der Waals surface area contributed by atoms with Gasteiger partial charge in [-0.15, -0.1) is 0 Å². The summed E-state index contributed by atoms with van der Waals surface area (Å²) in [5.74, 6) is 0.644. The number of nitrogens with zero attached hydrogens (tertiary/aromatic N) is 1. The molecule has 0 radical (unpaired) electrons. The fourth-order valence-corrected chi connectivity index (χ4v) is 3.08. The van der Waals surface area contributed by atoms with Gasteiger partial charge in [0.25, 0.3) is 0 Å². The number of aromatic nitrogens is 1. The second-order valence-corrected chi connectivity index (χ2v) is 5.83. The van der Waals surface area contributed by atoms with Crippen molar-refractivity contribution in [1.29, 1.82) is 0 Å². The van der Waals surface area contributed by atoms with E-state index in [2.05, 4.69) is 23.2 Å². The maximum absolute atomic E-state index is 6.29. The summed E-state index contributed by atoms with van der Waals surface area (Å²) in [7, 11) is 1.63. The molecule has 2 aromatic rings. The van der Waals surface area contributed by atoms with E-state index < -0.39 is 0 Å². The molecule has 0 spiro atoms. The van der Waals surface area contributed by atoms with Gasteiger partial charge in [0.15, 0.2) is 0 Å². The molecule has 0 saturated carbocycles. The molecule has 0 bridgehead atoms. The van der Waals surface area contributed by atoms with Crippen molar-refractivity contribution in [3.8, 4) is 5.88 Å². The number of pyridine rings is 1. The van der Waals surface area contributed by atoms with Crippen molar-refractivity contribution in [1.82, 2.24) is 4.98 Å². The molecule has 0 saturated heterocycles. The zero-order valence-corrected chi connectivity index (χ0v) is 12.5. The Balaban J connectivity index is 1.61. The lowest BCUT2D eigenvalue weighted by molar-refractivity contribution is 0.397. The van der Waals surface area contributed by atoms with Gasteiger partial charge >= 0.3 is 0 Å². The summed E-state index contributed by atoms with van der Waals surface area (Å²) in [6.07, 6.45) is 7.36. The van der Waals surface area contributed by atoms with E-state index in [0.717, 1.165) is 18.4 Å². The zero-order chi connectivity index (χ0) is 14.7. The summed E-state index contributed by atoms with van der Waals surface area (Å²) in [4.78, 5) is 4.23. The molecule has 1 heterocycles. The number of hydrogen-bond acceptors (Lipinski definition) is 3. The molecule has 0 amide bonds. The molecule has 1 aliphatic carbocycles. The number of benzene rings is 1. The van der Waals surface area contributed by atoms with Crippen LogP contribution in [0.4, 0.5) is 0 Å². The third-order valence-corrected chi connectivity index (χ3v) is 4.17. The summed E-state index contributed by atoms with van der Waals surface area (Å²) in [5, 5.41) is 0. The monoisotopic (exact) mass is 282 g/mol. The van der Waals surface area contributed by atoms with Crippen LogP contribution >= 0.6 is 0 Å². The third kappa shape index (κ3) is 3.42. The lowest BCUT2D eigenvalue weighted by Gasteiger charge is -2.13. The van der Waals surface area contributed by atoms with Gasteiger partial charge in [0.2, 0.25) is 5.88 Å². The smallest absolute Gasteiger partial charge is 0.212 e. The molecule has 1 unspecified atom stereocenters. The van der Waals surface area contributed by atoms with Gasteiger partial charge in [-0.1, -0.05) is 24.3 Å². The minimum absolute atomic E-state index is 0.125. The number of fused-ring (bicyclic) bond motifs is 1. The summed E-state index contributed by atoms with van der Waals surface area (Å²) in [5.41, 5.74) is 11.8. The molecule has 2 N–H and O–H groups in total. The third-order valence-electron chi connectivity index (χ3n) is 4.17. The van der Waals surface area contributed by atoms with E-state index in [9.17, 15) is 0 Å². The molecule has 21 heavy (non-hydrogen) atoms. The molecule has 1 aromatic carbocycles. The quantitative estimate of drug-likeness (QED) is 0.917. The van der Waals surface area contributed by atoms with E-state index in [-0.39, 0.29) is 6.04 Å². The molecule has 110 valence electrons. The van der Waals surface area contributed by atoms with Gasteiger partial charge in [-0.25, -0.2) is 4.98 Å². The number of rotatable bonds is 5. The lowest BCUT2D eigenvalue weighted by Crippen LogP contribution is -2.25. The molecular formula is C18H22N2O. The van der Waals surface area contributed by atoms with Crippen LogP contribution in [0, 0.1) is 0 Å². The maximum Gasteiger partial charge on any atom is 0.212 e. The molecular weight excluding hydrogens is 260 g/mol. The van der Waals surface area contributed by atoms with Crippen molar-refractivity contribution in [2.24, 2.45) is 5.73 Å². The normalized spacial score (nSPS) is 14.8. The first-order valence-electron chi connectivity index (χ1n) is 7.60. The number of methoxy groups -OCH3 is 1. The number of nitrogens with two attached hydrogens (primary N) is 1. The Bertz CT molecular complexity index is 607. The summed E-state index contributed by atoms with van der Waals surface area (Å²) < 4.78 is 5.07. The topological polar surface area (TPSA) is 48.1 Å². The van der Waals surface area contributed by atoms with Crippen molar-refractivity contribution < 1.29 is 4.74 Å². The first-order valence-corrected chi connectivity index (χ1v) is 7.60. The fraction of sp³-hybridized carbons (Fsp3) is 0.389. The van der Waals surface area contributed by atoms with E-state index in [0.29, 0.717) is 5.88 Å². The Morgan fingerprint density at radius 3 is 2.62 bits per heavy atom. The maximum atomic E-state index is 6.29. The van der Waals surface area contributed by atoms with Gasteiger partial charge in [-0.2, -0.15) is 0 Å². The molecule has 1 atom stereocenters. The average molecular weight is 282 g/mol. The standard InChI is InChI=1S/C18H22N2O/c1-21-18-8-6-14(12-20-18)11-17(19)10-13-5-7-15-3-2-4-16(15)9-13/h5-9,12,17H,2-4,10-11,19H2,1H3. The first-order chi connectivity index (χ1) is 10.2. The van der Waals surface area contributed by atoms with Gasteiger partial charge in [0, 0.05) is 18.3 Å². The van der Waals surface area contributed by atoms with Crippen LogP contribution in [-0.4, -0.2) is 18.1 Å². The van der Waals surface area contributed by atoms with Crippen LogP contribution in [-0.2, 0) is 25.7 Å². The molecule has 1 aromatic heterocycles. The molecule has 0 aliphatic heterocycles. The highest BCUT2D eigenvalue weighted by atomic mass is 16.5. The fourth-order valence-electron chi connectivity index (χ4n) is 3.08. The van der Waals surface area contributed by atoms with Gasteiger partial charge in [-0.3, -0.25) is 0 Å². The predicted molar refractivity (Wildman–Crippen MR) is 84.6 cm³/mol. The minimum atomic E-state index is 0.125. The Labute approximate surface area is 126 Å². The van der Waals surface area contributed by atoms with E-state index in [1.807, 2.05) is 18.3 Å². The van der Waals surface area contributed by atoms with Crippen LogP contribution in [0.25, 0.3) is 0 Å². The van der Waals surface area contributed by atoms with Crippen LogP contribution in [0.2, 0.25) is 0 Å². The van der Waals surface area contributed by atoms with Crippen molar-refractivity contribution in [2.75, 3.05) is 7.11 Å². The van der Waals surface area contributed by atoms with Crippen LogP contribution < -0.4 is 10.5 Å². The van der Waals surface area contributed by atoms with E-state index in [1.165, 1.54) is 36.0 Å². The largest absolute Gasteiger partial charge is 0.481 e. The minimum Gasteiger partial charge on any atom is -0.481 e. The van der Waals surface area contributed by atoms with Crippen molar-refractivity contribution >= 4 is 0 Å². The van der Waals surface area contributed by atoms with Crippen LogP contribution in [0.15, 0.2) is 36.5 Å². The Hall–Kier alpha value is -1.87. The van der Waals surface area contributed by atoms with E-state index in [1.54, 1.807) is 7.11 Å². The van der Waals surface area contributed by atoms with Gasteiger partial charge in [0.1, 0.15) is 0 Å². The van der Waals surface area contributed by atoms with E-state index in [4.69, 9.17) is 10.5 Å². The van der Waals surface area contributed by atoms with Crippen LogP contribution in [0.3, 0.4) is 0 Å². The molecule has 3 heteroatoms. The molecule has 1 aliphatic rings. The summed E-state index contributed by atoms with van der Waals surface area (Å²) >= 11 is 0. The Morgan fingerprint density at radius 1 is 1.10 bits per heavy atom. The highest BCUT2D eigenvalue weighted by Crippen LogP contribution is 2.23. The summed E-state index contributed by atoms with van der Waals surface area (Å²) in [6.45, 7) is 0. The van der Waals surface area contributed by atoms with Crippen molar-refractivity contribution in [3.05, 3.63) is 58.8 Å². The summed E-state index contributed by atoms with van der Waals surface area (Å²) in [6, 6.07) is 10.9. The second-order valence-electron chi connectivity index (χ2n) is 5.83. The van der Waals surface area contributed by atoms with Gasteiger partial charge in [-0.05, 0) is 54.4 Å². The highest BCUT2D eigenvalue weighted by Gasteiger charge is 2.12. The first kappa shape index (κ1) is 14.1. The number of ether oxygens (including phenoxy) is 1. The molecule has 0 fully saturated rings. The Morgan fingerprint density at radius 2 is 1.86 bits per heavy atom. The lowest BCUT2D eigenvalue weighted by atomic mass is 9.98. The molecule has 3 nitrogen and oxygen atoms in total. The highest BCUT2D eigenvalue weighted by molar-refractivity contribution is 5.35. The van der Waals surface area contributed by atoms with E-state index >= 15 is 0 Å². The zero-order valence-electron chi connectivity index (χ0n) is 12.5. The number of aryl methyl sites for hydroxylation is 2. The molecule has 3 rings (SSSR count). The van der Waals surface area contributed by atoms with Gasteiger partial charge < -0.3 is 10.5 Å². The average Bonchev–Trinajstić information content (AvgIpc) is 2.95. The van der Waals surface area contributed by atoms with Crippen LogP contribution in [0.1, 0.15) is 28.7 Å². The number of hydrogen-bond donors (Lipinski definition) is 1.